The summed E-state index contributed by atoms with van der Waals surface area (Å²) in [5.41, 5.74) is 8.04. The highest BCUT2D eigenvalue weighted by Gasteiger charge is 2.19. The minimum Gasteiger partial charge on any atom is -0.366 e. The number of nitrogens with two attached hydrogens (primary N) is 1. The number of amides is 1. The third kappa shape index (κ3) is 2.01. The van der Waals surface area contributed by atoms with Crippen molar-refractivity contribution in [2.24, 2.45) is 5.73 Å². The van der Waals surface area contributed by atoms with Gasteiger partial charge in [0.25, 0.3) is 0 Å². The Balaban J connectivity index is 2.55. The van der Waals surface area contributed by atoms with Gasteiger partial charge in [0.1, 0.15) is 0 Å². The van der Waals surface area contributed by atoms with Crippen molar-refractivity contribution in [2.45, 2.75) is 12.8 Å². The smallest absolute Gasteiger partial charge is 0.241 e. The molecule has 0 bridgehead atoms. The van der Waals surface area contributed by atoms with Gasteiger partial charge in [0.15, 0.2) is 0 Å². The Labute approximate surface area is 97.7 Å². The van der Waals surface area contributed by atoms with E-state index in [2.05, 4.69) is 0 Å². The van der Waals surface area contributed by atoms with Gasteiger partial charge in [-0.25, -0.2) is 0 Å². The minimum atomic E-state index is -0.436. The summed E-state index contributed by atoms with van der Waals surface area (Å²) in [7, 11) is 0. The molecule has 1 aromatic carbocycles. The van der Waals surface area contributed by atoms with Gasteiger partial charge in [0.2, 0.25) is 5.91 Å². The highest BCUT2D eigenvalue weighted by molar-refractivity contribution is 6.35. The molecule has 1 aliphatic carbocycles. The van der Waals surface area contributed by atoms with E-state index in [1.165, 1.54) is 6.08 Å². The van der Waals surface area contributed by atoms with Gasteiger partial charge in [-0.1, -0.05) is 23.2 Å². The summed E-state index contributed by atoms with van der Waals surface area (Å²) < 4.78 is 0. The predicted octanol–water partition coefficient (Wildman–Crippen LogP) is 2.81. The zero-order valence-corrected chi connectivity index (χ0v) is 9.40. The van der Waals surface area contributed by atoms with Crippen LogP contribution in [0.1, 0.15) is 17.5 Å². The van der Waals surface area contributed by atoms with Crippen LogP contribution in [0.15, 0.2) is 18.2 Å². The van der Waals surface area contributed by atoms with E-state index in [1.807, 2.05) is 6.07 Å². The number of primary amides is 1. The van der Waals surface area contributed by atoms with Crippen LogP contribution in [-0.4, -0.2) is 5.91 Å². The topological polar surface area (TPSA) is 43.1 Å². The Morgan fingerprint density at radius 3 is 2.73 bits per heavy atom. The number of carbonyl (C=O) groups excluding carboxylic acids is 1. The van der Waals surface area contributed by atoms with Crippen LogP contribution in [0.2, 0.25) is 10.0 Å². The standard InChI is InChI=1S/C11H9Cl2NO/c12-7-4-9-6(3-11(14)15)1-2-8(9)10(13)5-7/h3-5H,1-2H2,(H2,14,15). The summed E-state index contributed by atoms with van der Waals surface area (Å²) >= 11 is 12.0. The van der Waals surface area contributed by atoms with Crippen molar-refractivity contribution in [3.05, 3.63) is 39.4 Å². The zero-order valence-electron chi connectivity index (χ0n) is 7.89. The van der Waals surface area contributed by atoms with Crippen LogP contribution in [0, 0.1) is 0 Å². The Bertz CT molecular complexity index is 466. The van der Waals surface area contributed by atoms with E-state index in [0.717, 1.165) is 29.5 Å². The third-order valence-electron chi connectivity index (χ3n) is 2.47. The van der Waals surface area contributed by atoms with E-state index in [0.29, 0.717) is 10.0 Å². The first-order valence-electron chi connectivity index (χ1n) is 4.56. The quantitative estimate of drug-likeness (QED) is 0.756. The molecule has 0 atom stereocenters. The molecule has 2 N–H and O–H groups in total. The summed E-state index contributed by atoms with van der Waals surface area (Å²) in [6.45, 7) is 0. The molecule has 4 heteroatoms. The fourth-order valence-corrected chi connectivity index (χ4v) is 2.45. The SMILES string of the molecule is NC(=O)C=C1CCc2c(Cl)cc(Cl)cc21. The lowest BCUT2D eigenvalue weighted by Gasteiger charge is -2.03. The maximum absolute atomic E-state index is 10.8. The maximum Gasteiger partial charge on any atom is 0.241 e. The largest absolute Gasteiger partial charge is 0.366 e. The number of rotatable bonds is 1. The van der Waals surface area contributed by atoms with Crippen molar-refractivity contribution in [3.63, 3.8) is 0 Å². The normalized spacial score (nSPS) is 16.8. The van der Waals surface area contributed by atoms with E-state index in [4.69, 9.17) is 28.9 Å². The molecule has 0 fully saturated rings. The van der Waals surface area contributed by atoms with Crippen molar-refractivity contribution in [3.8, 4) is 0 Å². The monoisotopic (exact) mass is 241 g/mol. The van der Waals surface area contributed by atoms with Gasteiger partial charge in [0.05, 0.1) is 0 Å². The average Bonchev–Trinajstić information content (AvgIpc) is 2.48. The first kappa shape index (κ1) is 10.5. The molecular formula is C11H9Cl2NO. The van der Waals surface area contributed by atoms with E-state index < -0.39 is 5.91 Å². The molecule has 1 aliphatic rings. The first-order valence-corrected chi connectivity index (χ1v) is 5.32. The van der Waals surface area contributed by atoms with Gasteiger partial charge in [-0.2, -0.15) is 0 Å². The van der Waals surface area contributed by atoms with Crippen molar-refractivity contribution in [1.82, 2.24) is 0 Å². The second-order valence-corrected chi connectivity index (χ2v) is 4.33. The van der Waals surface area contributed by atoms with Crippen LogP contribution in [-0.2, 0) is 11.2 Å². The lowest BCUT2D eigenvalue weighted by atomic mass is 10.1. The molecule has 0 unspecified atom stereocenters. The number of carbonyl (C=O) groups is 1. The molecule has 0 aromatic heterocycles. The van der Waals surface area contributed by atoms with Crippen LogP contribution in [0.25, 0.3) is 5.57 Å². The molecule has 0 saturated carbocycles. The van der Waals surface area contributed by atoms with E-state index >= 15 is 0 Å². The van der Waals surface area contributed by atoms with E-state index in [-0.39, 0.29) is 0 Å². The van der Waals surface area contributed by atoms with Crippen LogP contribution in [0.3, 0.4) is 0 Å². The Kier molecular flexibility index (Phi) is 2.72. The van der Waals surface area contributed by atoms with Crippen LogP contribution in [0.5, 0.6) is 0 Å². The van der Waals surface area contributed by atoms with Crippen LogP contribution in [0.4, 0.5) is 0 Å². The van der Waals surface area contributed by atoms with Gasteiger partial charge in [-0.05, 0) is 41.7 Å². The molecule has 2 nitrogen and oxygen atoms in total. The number of fused-ring (bicyclic) bond motifs is 1. The molecular weight excluding hydrogens is 233 g/mol. The fourth-order valence-electron chi connectivity index (χ4n) is 1.86. The van der Waals surface area contributed by atoms with Crippen molar-refractivity contribution in [2.75, 3.05) is 0 Å². The summed E-state index contributed by atoms with van der Waals surface area (Å²) in [5, 5.41) is 1.24. The lowest BCUT2D eigenvalue weighted by molar-refractivity contribution is -0.113. The van der Waals surface area contributed by atoms with E-state index in [1.54, 1.807) is 6.07 Å². The lowest BCUT2D eigenvalue weighted by Crippen LogP contribution is -2.06. The summed E-state index contributed by atoms with van der Waals surface area (Å²) in [4.78, 5) is 10.8. The molecule has 0 heterocycles. The van der Waals surface area contributed by atoms with Crippen molar-refractivity contribution >= 4 is 34.7 Å². The molecule has 0 radical (unpaired) electrons. The van der Waals surface area contributed by atoms with Crippen molar-refractivity contribution in [1.29, 1.82) is 0 Å². The highest BCUT2D eigenvalue weighted by Crippen LogP contribution is 2.38. The molecule has 0 aliphatic heterocycles. The van der Waals surface area contributed by atoms with Gasteiger partial charge < -0.3 is 5.73 Å². The first-order chi connectivity index (χ1) is 7.08. The molecule has 1 aromatic rings. The Morgan fingerprint density at radius 1 is 1.33 bits per heavy atom. The minimum absolute atomic E-state index is 0.436. The molecule has 1 amide bonds. The second kappa shape index (κ2) is 3.87. The molecule has 2 rings (SSSR count). The Hall–Kier alpha value is -0.990. The zero-order chi connectivity index (χ0) is 11.0. The predicted molar refractivity (Wildman–Crippen MR) is 62.0 cm³/mol. The molecule has 0 saturated heterocycles. The van der Waals surface area contributed by atoms with Crippen molar-refractivity contribution < 1.29 is 4.79 Å². The second-order valence-electron chi connectivity index (χ2n) is 3.49. The molecule has 15 heavy (non-hydrogen) atoms. The Morgan fingerprint density at radius 2 is 2.07 bits per heavy atom. The fraction of sp³-hybridized carbons (Fsp3) is 0.182. The van der Waals surface area contributed by atoms with Crippen LogP contribution < -0.4 is 5.73 Å². The number of halogens is 2. The summed E-state index contributed by atoms with van der Waals surface area (Å²) in [6.07, 6.45) is 3.07. The molecule has 78 valence electrons. The summed E-state index contributed by atoms with van der Waals surface area (Å²) in [5.74, 6) is -0.436. The van der Waals surface area contributed by atoms with Crippen LogP contribution >= 0.6 is 23.2 Å². The molecule has 0 spiro atoms. The van der Waals surface area contributed by atoms with Gasteiger partial charge >= 0.3 is 0 Å². The van der Waals surface area contributed by atoms with Gasteiger partial charge in [0, 0.05) is 16.1 Å². The van der Waals surface area contributed by atoms with E-state index in [9.17, 15) is 4.79 Å². The number of allylic oxidation sites excluding steroid dienone is 1. The van der Waals surface area contributed by atoms with Gasteiger partial charge in [-0.3, -0.25) is 4.79 Å². The number of hydrogen-bond donors (Lipinski definition) is 1. The average molecular weight is 242 g/mol. The maximum atomic E-state index is 10.8. The van der Waals surface area contributed by atoms with Gasteiger partial charge in [-0.15, -0.1) is 0 Å². The number of benzene rings is 1. The highest BCUT2D eigenvalue weighted by atomic mass is 35.5. The third-order valence-corrected chi connectivity index (χ3v) is 3.02. The summed E-state index contributed by atoms with van der Waals surface area (Å²) in [6, 6.07) is 3.54. The number of hydrogen-bond acceptors (Lipinski definition) is 1.